The highest BCUT2D eigenvalue weighted by Gasteiger charge is 2.17. The molecule has 2 nitrogen and oxygen atoms in total. The Labute approximate surface area is 102 Å². The SMILES string of the molecule is COCCC(C)C(CO)Cc1cccc(F)c1. The Morgan fingerprint density at radius 2 is 2.18 bits per heavy atom. The van der Waals surface area contributed by atoms with Crippen molar-refractivity contribution in [3.05, 3.63) is 35.6 Å². The predicted octanol–water partition coefficient (Wildman–Crippen LogP) is 2.65. The highest BCUT2D eigenvalue weighted by molar-refractivity contribution is 5.17. The van der Waals surface area contributed by atoms with E-state index in [-0.39, 0.29) is 18.3 Å². The summed E-state index contributed by atoms with van der Waals surface area (Å²) in [4.78, 5) is 0. The smallest absolute Gasteiger partial charge is 0.123 e. The molecule has 0 fully saturated rings. The summed E-state index contributed by atoms with van der Waals surface area (Å²) in [5.74, 6) is 0.305. The summed E-state index contributed by atoms with van der Waals surface area (Å²) in [6.07, 6.45) is 1.62. The number of hydrogen-bond donors (Lipinski definition) is 1. The summed E-state index contributed by atoms with van der Waals surface area (Å²) < 4.78 is 18.1. The number of benzene rings is 1. The van der Waals surface area contributed by atoms with Crippen molar-refractivity contribution in [3.63, 3.8) is 0 Å². The van der Waals surface area contributed by atoms with Gasteiger partial charge in [0, 0.05) is 20.3 Å². The summed E-state index contributed by atoms with van der Waals surface area (Å²) in [6, 6.07) is 6.57. The van der Waals surface area contributed by atoms with Gasteiger partial charge in [0.15, 0.2) is 0 Å². The maximum Gasteiger partial charge on any atom is 0.123 e. The van der Waals surface area contributed by atoms with Crippen LogP contribution < -0.4 is 0 Å². The molecule has 0 bridgehead atoms. The van der Waals surface area contributed by atoms with E-state index < -0.39 is 0 Å². The van der Waals surface area contributed by atoms with Gasteiger partial charge in [-0.05, 0) is 42.4 Å². The van der Waals surface area contributed by atoms with Gasteiger partial charge in [0.25, 0.3) is 0 Å². The van der Waals surface area contributed by atoms with Gasteiger partial charge in [-0.3, -0.25) is 0 Å². The van der Waals surface area contributed by atoms with Crippen LogP contribution in [0.5, 0.6) is 0 Å². The van der Waals surface area contributed by atoms with Crippen LogP contribution in [0.1, 0.15) is 18.9 Å². The molecular formula is C14H21FO2. The Morgan fingerprint density at radius 3 is 2.76 bits per heavy atom. The third-order valence-corrected chi connectivity index (χ3v) is 3.20. The molecule has 0 aliphatic carbocycles. The van der Waals surface area contributed by atoms with Gasteiger partial charge >= 0.3 is 0 Å². The van der Waals surface area contributed by atoms with Crippen molar-refractivity contribution >= 4 is 0 Å². The van der Waals surface area contributed by atoms with E-state index >= 15 is 0 Å². The lowest BCUT2D eigenvalue weighted by Gasteiger charge is -2.21. The molecule has 3 heteroatoms. The van der Waals surface area contributed by atoms with Crippen LogP contribution in [0.15, 0.2) is 24.3 Å². The third kappa shape index (κ3) is 4.84. The second kappa shape index (κ2) is 7.41. The van der Waals surface area contributed by atoms with Gasteiger partial charge in [0.2, 0.25) is 0 Å². The van der Waals surface area contributed by atoms with E-state index in [1.165, 1.54) is 12.1 Å². The molecule has 2 unspecified atom stereocenters. The van der Waals surface area contributed by atoms with Crippen molar-refractivity contribution in [3.8, 4) is 0 Å². The van der Waals surface area contributed by atoms with Crippen molar-refractivity contribution in [1.29, 1.82) is 0 Å². The van der Waals surface area contributed by atoms with Crippen LogP contribution >= 0.6 is 0 Å². The van der Waals surface area contributed by atoms with Gasteiger partial charge in [-0.25, -0.2) is 4.39 Å². The van der Waals surface area contributed by atoms with Gasteiger partial charge < -0.3 is 9.84 Å². The van der Waals surface area contributed by atoms with E-state index in [2.05, 4.69) is 6.92 Å². The minimum Gasteiger partial charge on any atom is -0.396 e. The summed E-state index contributed by atoms with van der Waals surface area (Å²) in [7, 11) is 1.67. The van der Waals surface area contributed by atoms with Gasteiger partial charge in [-0.1, -0.05) is 19.1 Å². The number of hydrogen-bond acceptors (Lipinski definition) is 2. The number of aliphatic hydroxyl groups is 1. The zero-order valence-corrected chi connectivity index (χ0v) is 10.5. The molecule has 0 amide bonds. The minimum absolute atomic E-state index is 0.126. The van der Waals surface area contributed by atoms with Crippen LogP contribution in [0.3, 0.4) is 0 Å². The average molecular weight is 240 g/mol. The molecule has 1 N–H and O–H groups in total. The van der Waals surface area contributed by atoms with Gasteiger partial charge in [0.1, 0.15) is 5.82 Å². The Hall–Kier alpha value is -0.930. The van der Waals surface area contributed by atoms with Gasteiger partial charge in [0.05, 0.1) is 0 Å². The van der Waals surface area contributed by atoms with Crippen molar-refractivity contribution in [2.45, 2.75) is 19.8 Å². The Kier molecular flexibility index (Phi) is 6.16. The molecule has 1 aromatic rings. The number of halogens is 1. The summed E-state index contributed by atoms with van der Waals surface area (Å²) in [5.41, 5.74) is 0.938. The number of rotatable bonds is 7. The molecule has 0 aromatic heterocycles. The first kappa shape index (κ1) is 14.1. The molecular weight excluding hydrogens is 219 g/mol. The Balaban J connectivity index is 2.56. The first-order chi connectivity index (χ1) is 8.17. The summed E-state index contributed by atoms with van der Waals surface area (Å²) >= 11 is 0. The van der Waals surface area contributed by atoms with Crippen LogP contribution in [0.2, 0.25) is 0 Å². The number of methoxy groups -OCH3 is 1. The molecule has 17 heavy (non-hydrogen) atoms. The molecule has 0 saturated heterocycles. The lowest BCUT2D eigenvalue weighted by Crippen LogP contribution is -2.20. The van der Waals surface area contributed by atoms with E-state index in [4.69, 9.17) is 4.74 Å². The Bertz CT molecular complexity index is 328. The quantitative estimate of drug-likeness (QED) is 0.794. The van der Waals surface area contributed by atoms with Gasteiger partial charge in [-0.2, -0.15) is 0 Å². The van der Waals surface area contributed by atoms with E-state index in [1.807, 2.05) is 6.07 Å². The molecule has 0 radical (unpaired) electrons. The fourth-order valence-corrected chi connectivity index (χ4v) is 1.95. The lowest BCUT2D eigenvalue weighted by atomic mass is 9.87. The normalized spacial score (nSPS) is 14.6. The maximum absolute atomic E-state index is 13.0. The fraction of sp³-hybridized carbons (Fsp3) is 0.571. The average Bonchev–Trinajstić information content (AvgIpc) is 2.33. The predicted molar refractivity (Wildman–Crippen MR) is 66.3 cm³/mol. The second-order valence-corrected chi connectivity index (χ2v) is 4.54. The standard InChI is InChI=1S/C14H21FO2/c1-11(6-7-17-2)13(10-16)8-12-4-3-5-14(15)9-12/h3-5,9,11,13,16H,6-8,10H2,1-2H3. The molecule has 96 valence electrons. The highest BCUT2D eigenvalue weighted by Crippen LogP contribution is 2.20. The topological polar surface area (TPSA) is 29.5 Å². The highest BCUT2D eigenvalue weighted by atomic mass is 19.1. The lowest BCUT2D eigenvalue weighted by molar-refractivity contribution is 0.134. The number of ether oxygens (including phenoxy) is 1. The van der Waals surface area contributed by atoms with E-state index in [0.717, 1.165) is 12.0 Å². The first-order valence-electron chi connectivity index (χ1n) is 6.01. The van der Waals surface area contributed by atoms with Crippen LogP contribution in [-0.4, -0.2) is 25.4 Å². The molecule has 0 spiro atoms. The first-order valence-corrected chi connectivity index (χ1v) is 6.01. The second-order valence-electron chi connectivity index (χ2n) is 4.54. The monoisotopic (exact) mass is 240 g/mol. The van der Waals surface area contributed by atoms with Gasteiger partial charge in [-0.15, -0.1) is 0 Å². The zero-order chi connectivity index (χ0) is 12.7. The molecule has 0 aliphatic rings. The zero-order valence-electron chi connectivity index (χ0n) is 10.5. The third-order valence-electron chi connectivity index (χ3n) is 3.20. The van der Waals surface area contributed by atoms with Crippen LogP contribution in [0, 0.1) is 17.7 Å². The van der Waals surface area contributed by atoms with Crippen LogP contribution in [0.25, 0.3) is 0 Å². The van der Waals surface area contributed by atoms with Crippen molar-refractivity contribution in [2.75, 3.05) is 20.3 Å². The van der Waals surface area contributed by atoms with Crippen molar-refractivity contribution < 1.29 is 14.2 Å². The molecule has 0 aliphatic heterocycles. The van der Waals surface area contributed by atoms with Crippen molar-refractivity contribution in [1.82, 2.24) is 0 Å². The van der Waals surface area contributed by atoms with E-state index in [1.54, 1.807) is 13.2 Å². The molecule has 0 saturated carbocycles. The van der Waals surface area contributed by atoms with Crippen molar-refractivity contribution in [2.24, 2.45) is 11.8 Å². The maximum atomic E-state index is 13.0. The van der Waals surface area contributed by atoms with Crippen LogP contribution in [0.4, 0.5) is 4.39 Å². The summed E-state index contributed by atoms with van der Waals surface area (Å²) in [6.45, 7) is 2.92. The molecule has 1 aromatic carbocycles. The molecule has 2 atom stereocenters. The molecule has 0 heterocycles. The summed E-state index contributed by atoms with van der Waals surface area (Å²) in [5, 5.41) is 9.39. The Morgan fingerprint density at radius 1 is 1.41 bits per heavy atom. The largest absolute Gasteiger partial charge is 0.396 e. The number of aliphatic hydroxyl groups excluding tert-OH is 1. The van der Waals surface area contributed by atoms with Crippen LogP contribution in [-0.2, 0) is 11.2 Å². The van der Waals surface area contributed by atoms with E-state index in [9.17, 15) is 9.50 Å². The minimum atomic E-state index is -0.219. The fourth-order valence-electron chi connectivity index (χ4n) is 1.95. The van der Waals surface area contributed by atoms with E-state index in [0.29, 0.717) is 18.9 Å². The molecule has 1 rings (SSSR count).